The van der Waals surface area contributed by atoms with Gasteiger partial charge in [0.1, 0.15) is 17.9 Å². The highest BCUT2D eigenvalue weighted by molar-refractivity contribution is 5.47. The second-order valence-electron chi connectivity index (χ2n) is 3.19. The van der Waals surface area contributed by atoms with Crippen LogP contribution in [0.5, 0.6) is 11.6 Å². The molecule has 0 aliphatic heterocycles. The Morgan fingerprint density at radius 3 is 2.88 bits per heavy atom. The van der Waals surface area contributed by atoms with Gasteiger partial charge in [-0.25, -0.2) is 9.97 Å². The van der Waals surface area contributed by atoms with E-state index in [2.05, 4.69) is 20.3 Å². The number of aromatic nitrogens is 3. The highest BCUT2D eigenvalue weighted by atomic mass is 16.5. The van der Waals surface area contributed by atoms with Gasteiger partial charge in [0.25, 0.3) is 0 Å². The molecule has 16 heavy (non-hydrogen) atoms. The first kappa shape index (κ1) is 10.4. The molecule has 0 unspecified atom stereocenters. The lowest BCUT2D eigenvalue weighted by atomic mass is 10.3. The molecule has 0 saturated heterocycles. The predicted molar refractivity (Wildman–Crippen MR) is 60.6 cm³/mol. The van der Waals surface area contributed by atoms with Crippen LogP contribution in [0.4, 0.5) is 5.82 Å². The highest BCUT2D eigenvalue weighted by Gasteiger charge is 2.07. The van der Waals surface area contributed by atoms with Crippen molar-refractivity contribution < 1.29 is 4.74 Å². The molecule has 5 nitrogen and oxygen atoms in total. The lowest BCUT2D eigenvalue weighted by Gasteiger charge is -2.09. The molecule has 0 aliphatic rings. The second kappa shape index (κ2) is 4.57. The van der Waals surface area contributed by atoms with Crippen LogP contribution in [-0.4, -0.2) is 22.0 Å². The van der Waals surface area contributed by atoms with Crippen molar-refractivity contribution in [1.82, 2.24) is 15.0 Å². The van der Waals surface area contributed by atoms with Gasteiger partial charge in [-0.1, -0.05) is 0 Å². The summed E-state index contributed by atoms with van der Waals surface area (Å²) in [6, 6.07) is 3.64. The normalized spacial score (nSPS) is 9.88. The zero-order valence-electron chi connectivity index (χ0n) is 9.14. The third-order valence-electron chi connectivity index (χ3n) is 2.12. The molecule has 2 rings (SSSR count). The van der Waals surface area contributed by atoms with Crippen LogP contribution in [0.15, 0.2) is 30.9 Å². The number of hydrogen-bond acceptors (Lipinski definition) is 5. The molecule has 0 bridgehead atoms. The van der Waals surface area contributed by atoms with Crippen molar-refractivity contribution in [3.8, 4) is 11.6 Å². The summed E-state index contributed by atoms with van der Waals surface area (Å²) in [4.78, 5) is 12.1. The SMILES string of the molecule is CNc1ncnc(Oc2cccnc2)c1C. The van der Waals surface area contributed by atoms with Gasteiger partial charge in [0.2, 0.25) is 5.88 Å². The maximum atomic E-state index is 5.60. The van der Waals surface area contributed by atoms with Gasteiger partial charge in [0.05, 0.1) is 11.8 Å². The van der Waals surface area contributed by atoms with Crippen molar-refractivity contribution in [3.63, 3.8) is 0 Å². The van der Waals surface area contributed by atoms with E-state index in [-0.39, 0.29) is 0 Å². The molecule has 2 aromatic heterocycles. The molecule has 0 amide bonds. The summed E-state index contributed by atoms with van der Waals surface area (Å²) in [5.74, 6) is 1.95. The molecule has 0 saturated carbocycles. The maximum absolute atomic E-state index is 5.60. The Labute approximate surface area is 93.5 Å². The minimum absolute atomic E-state index is 0.535. The van der Waals surface area contributed by atoms with Crippen molar-refractivity contribution >= 4 is 5.82 Å². The molecule has 1 N–H and O–H groups in total. The number of ether oxygens (including phenoxy) is 1. The number of anilines is 1. The van der Waals surface area contributed by atoms with Crippen LogP contribution in [0.25, 0.3) is 0 Å². The summed E-state index contributed by atoms with van der Waals surface area (Å²) in [5.41, 5.74) is 0.869. The second-order valence-corrected chi connectivity index (χ2v) is 3.19. The molecule has 0 atom stereocenters. The molecule has 0 fully saturated rings. The molecule has 0 radical (unpaired) electrons. The third kappa shape index (κ3) is 2.08. The van der Waals surface area contributed by atoms with Crippen LogP contribution >= 0.6 is 0 Å². The molecule has 2 heterocycles. The lowest BCUT2D eigenvalue weighted by molar-refractivity contribution is 0.455. The fourth-order valence-electron chi connectivity index (χ4n) is 1.31. The molecule has 2 aromatic rings. The van der Waals surface area contributed by atoms with E-state index in [4.69, 9.17) is 4.74 Å². The summed E-state index contributed by atoms with van der Waals surface area (Å²) in [6.07, 6.45) is 4.80. The molecular formula is C11H12N4O. The van der Waals surface area contributed by atoms with E-state index in [1.165, 1.54) is 6.33 Å². The Hall–Kier alpha value is -2.17. The van der Waals surface area contributed by atoms with E-state index in [0.717, 1.165) is 11.4 Å². The summed E-state index contributed by atoms with van der Waals surface area (Å²) >= 11 is 0. The van der Waals surface area contributed by atoms with Gasteiger partial charge < -0.3 is 10.1 Å². The topological polar surface area (TPSA) is 59.9 Å². The molecule has 0 aromatic carbocycles. The average Bonchev–Trinajstić information content (AvgIpc) is 2.33. The van der Waals surface area contributed by atoms with E-state index in [9.17, 15) is 0 Å². The molecule has 5 heteroatoms. The zero-order valence-corrected chi connectivity index (χ0v) is 9.14. The summed E-state index contributed by atoms with van der Waals surface area (Å²) in [5, 5.41) is 2.97. The van der Waals surface area contributed by atoms with E-state index in [1.807, 2.05) is 26.1 Å². The standard InChI is InChI=1S/C11H12N4O/c1-8-10(12-2)14-7-15-11(8)16-9-4-3-5-13-6-9/h3-7H,1-2H3,(H,12,14,15). The molecule has 82 valence electrons. The van der Waals surface area contributed by atoms with Crippen LogP contribution in [0.1, 0.15) is 5.56 Å². The van der Waals surface area contributed by atoms with E-state index in [1.54, 1.807) is 12.4 Å². The van der Waals surface area contributed by atoms with Gasteiger partial charge in [-0.15, -0.1) is 0 Å². The number of rotatable bonds is 3. The average molecular weight is 216 g/mol. The Balaban J connectivity index is 2.28. The number of nitrogens with zero attached hydrogens (tertiary/aromatic N) is 3. The number of hydrogen-bond donors (Lipinski definition) is 1. The van der Waals surface area contributed by atoms with Crippen LogP contribution in [0.3, 0.4) is 0 Å². The summed E-state index contributed by atoms with van der Waals surface area (Å²) in [7, 11) is 1.81. The van der Waals surface area contributed by atoms with Crippen LogP contribution in [0.2, 0.25) is 0 Å². The lowest BCUT2D eigenvalue weighted by Crippen LogP contribution is -1.99. The van der Waals surface area contributed by atoms with Crippen LogP contribution in [-0.2, 0) is 0 Å². The van der Waals surface area contributed by atoms with Crippen molar-refractivity contribution in [1.29, 1.82) is 0 Å². The van der Waals surface area contributed by atoms with Crippen molar-refractivity contribution in [2.24, 2.45) is 0 Å². The number of nitrogens with one attached hydrogen (secondary N) is 1. The van der Waals surface area contributed by atoms with E-state index >= 15 is 0 Å². The Kier molecular flexibility index (Phi) is 2.95. The van der Waals surface area contributed by atoms with Crippen molar-refractivity contribution in [3.05, 3.63) is 36.4 Å². The smallest absolute Gasteiger partial charge is 0.227 e. The van der Waals surface area contributed by atoms with Gasteiger partial charge in [-0.05, 0) is 19.1 Å². The Morgan fingerprint density at radius 2 is 2.19 bits per heavy atom. The minimum Gasteiger partial charge on any atom is -0.437 e. The van der Waals surface area contributed by atoms with Gasteiger partial charge in [0.15, 0.2) is 0 Å². The zero-order chi connectivity index (χ0) is 11.4. The summed E-state index contributed by atoms with van der Waals surface area (Å²) in [6.45, 7) is 1.90. The number of pyridine rings is 1. The fraction of sp³-hybridized carbons (Fsp3) is 0.182. The van der Waals surface area contributed by atoms with Gasteiger partial charge in [0, 0.05) is 13.2 Å². The Bertz CT molecular complexity index is 473. The Morgan fingerprint density at radius 1 is 1.31 bits per heavy atom. The van der Waals surface area contributed by atoms with Gasteiger partial charge in [-0.2, -0.15) is 0 Å². The largest absolute Gasteiger partial charge is 0.437 e. The fourth-order valence-corrected chi connectivity index (χ4v) is 1.31. The van der Waals surface area contributed by atoms with Crippen LogP contribution in [0, 0.1) is 6.92 Å². The maximum Gasteiger partial charge on any atom is 0.227 e. The van der Waals surface area contributed by atoms with Crippen molar-refractivity contribution in [2.45, 2.75) is 6.92 Å². The molecular weight excluding hydrogens is 204 g/mol. The quantitative estimate of drug-likeness (QED) is 0.850. The van der Waals surface area contributed by atoms with E-state index in [0.29, 0.717) is 11.6 Å². The van der Waals surface area contributed by atoms with E-state index < -0.39 is 0 Å². The third-order valence-corrected chi connectivity index (χ3v) is 2.12. The highest BCUT2D eigenvalue weighted by Crippen LogP contribution is 2.24. The van der Waals surface area contributed by atoms with Crippen LogP contribution < -0.4 is 10.1 Å². The minimum atomic E-state index is 0.535. The first-order valence-corrected chi connectivity index (χ1v) is 4.88. The monoisotopic (exact) mass is 216 g/mol. The van der Waals surface area contributed by atoms with Gasteiger partial charge >= 0.3 is 0 Å². The first-order valence-electron chi connectivity index (χ1n) is 4.88. The first-order chi connectivity index (χ1) is 7.81. The van der Waals surface area contributed by atoms with Crippen molar-refractivity contribution in [2.75, 3.05) is 12.4 Å². The molecule has 0 spiro atoms. The molecule has 0 aliphatic carbocycles. The predicted octanol–water partition coefficient (Wildman–Crippen LogP) is 2.01. The summed E-state index contributed by atoms with van der Waals surface area (Å²) < 4.78 is 5.60. The van der Waals surface area contributed by atoms with Gasteiger partial charge in [-0.3, -0.25) is 4.98 Å².